The Morgan fingerprint density at radius 2 is 2.00 bits per heavy atom. The summed E-state index contributed by atoms with van der Waals surface area (Å²) in [5.41, 5.74) is 0. The topological polar surface area (TPSA) is 49.4 Å². The number of carbonyl (C=O) groups is 1. The summed E-state index contributed by atoms with van der Waals surface area (Å²) >= 11 is -1.23. The molecule has 0 fully saturated rings. The summed E-state index contributed by atoms with van der Waals surface area (Å²) in [6, 6.07) is 6.97. The van der Waals surface area contributed by atoms with Gasteiger partial charge in [0.25, 0.3) is 0 Å². The summed E-state index contributed by atoms with van der Waals surface area (Å²) in [5, 5.41) is 0. The highest BCUT2D eigenvalue weighted by molar-refractivity contribution is 7.92. The lowest BCUT2D eigenvalue weighted by atomic mass is 10.3. The molecule has 0 bridgehead atoms. The first-order valence-electron chi connectivity index (χ1n) is 4.74. The maximum absolute atomic E-state index is 11.6. The molecule has 1 aromatic rings. The molecule has 1 aromatic carbocycles. The van der Waals surface area contributed by atoms with Crippen LogP contribution in [0.3, 0.4) is 0 Å². The van der Waals surface area contributed by atoms with E-state index in [9.17, 15) is 9.35 Å². The third-order valence-corrected chi connectivity index (χ3v) is 3.20. The van der Waals surface area contributed by atoms with Gasteiger partial charge in [0.1, 0.15) is 5.75 Å². The molecule has 0 heterocycles. The van der Waals surface area contributed by atoms with Gasteiger partial charge in [0.15, 0.2) is 16.4 Å². The first-order chi connectivity index (χ1) is 7.13. The van der Waals surface area contributed by atoms with E-state index in [-0.39, 0.29) is 11.5 Å². The van der Waals surface area contributed by atoms with E-state index in [0.29, 0.717) is 11.5 Å². The predicted molar refractivity (Wildman–Crippen MR) is 59.6 cm³/mol. The number of carbonyl (C=O) groups excluding carboxylic acids is 1. The van der Waals surface area contributed by atoms with Crippen LogP contribution in [0.1, 0.15) is 13.8 Å². The van der Waals surface area contributed by atoms with Crippen molar-refractivity contribution in [3.8, 4) is 5.75 Å². The molecule has 0 saturated heterocycles. The Morgan fingerprint density at radius 1 is 1.40 bits per heavy atom. The third kappa shape index (κ3) is 3.93. The fourth-order valence-corrected chi connectivity index (χ4v) is 2.10. The van der Waals surface area contributed by atoms with Crippen molar-refractivity contribution in [1.29, 1.82) is 0 Å². The van der Waals surface area contributed by atoms with Crippen molar-refractivity contribution < 1.29 is 14.1 Å². The molecule has 15 heavy (non-hydrogen) atoms. The van der Waals surface area contributed by atoms with Crippen LogP contribution in [0.2, 0.25) is 0 Å². The van der Waals surface area contributed by atoms with Crippen LogP contribution in [0, 0.1) is 0 Å². The zero-order chi connectivity index (χ0) is 11.3. The highest BCUT2D eigenvalue weighted by atomic mass is 32.2. The van der Waals surface area contributed by atoms with Crippen LogP contribution >= 0.6 is 0 Å². The molecule has 0 aliphatic heterocycles. The molecule has 0 N–H and O–H groups in total. The fraction of sp³-hybridized carbons (Fsp3) is 0.364. The molecule has 1 unspecified atom stereocenters. The number of benzene rings is 1. The Balaban J connectivity index is 2.66. The Hall–Kier alpha value is -1.00. The molecular formula is C11H14O3S. The van der Waals surface area contributed by atoms with Gasteiger partial charge < -0.3 is 9.29 Å². The van der Waals surface area contributed by atoms with Gasteiger partial charge in [-0.05, 0) is 49.3 Å². The van der Waals surface area contributed by atoms with Crippen LogP contribution < -0.4 is 4.74 Å². The van der Waals surface area contributed by atoms with Gasteiger partial charge in [0, 0.05) is 0 Å². The molecule has 0 spiro atoms. The van der Waals surface area contributed by atoms with Gasteiger partial charge in [-0.2, -0.15) is 0 Å². The molecule has 0 aliphatic rings. The molecule has 1 rings (SSSR count). The maximum Gasteiger partial charge on any atom is 0.179 e. The second-order valence-corrected chi connectivity index (χ2v) is 4.55. The van der Waals surface area contributed by atoms with Crippen LogP contribution in [0.15, 0.2) is 29.2 Å². The standard InChI is InChI=1S/C11H14O3S/c1-3-14-10-4-6-11(7-5-10)15(13)8-9(2)12/h4-7H,3,8H2,1-2H3. The maximum atomic E-state index is 11.6. The average molecular weight is 226 g/mol. The van der Waals surface area contributed by atoms with Gasteiger partial charge in [-0.1, -0.05) is 0 Å². The molecule has 3 nitrogen and oxygen atoms in total. The molecule has 1 atom stereocenters. The Bertz CT molecular complexity index is 321. The average Bonchev–Trinajstić information content (AvgIpc) is 2.18. The van der Waals surface area contributed by atoms with Gasteiger partial charge in [-0.3, -0.25) is 4.79 Å². The van der Waals surface area contributed by atoms with E-state index in [2.05, 4.69) is 0 Å². The Labute approximate surface area is 92.6 Å². The predicted octanol–water partition coefficient (Wildman–Crippen LogP) is 1.78. The fourth-order valence-electron chi connectivity index (χ4n) is 1.12. The van der Waals surface area contributed by atoms with Crippen LogP contribution in [-0.4, -0.2) is 22.7 Å². The van der Waals surface area contributed by atoms with Crippen LogP contribution in [0.4, 0.5) is 0 Å². The lowest BCUT2D eigenvalue weighted by molar-refractivity contribution is -0.114. The summed E-state index contributed by atoms with van der Waals surface area (Å²) in [6.45, 7) is 3.95. The van der Waals surface area contributed by atoms with E-state index < -0.39 is 11.2 Å². The summed E-state index contributed by atoms with van der Waals surface area (Å²) in [7, 11) is 0. The molecule has 0 aliphatic carbocycles. The monoisotopic (exact) mass is 226 g/mol. The number of hydrogen-bond acceptors (Lipinski definition) is 3. The van der Waals surface area contributed by atoms with Gasteiger partial charge in [0.05, 0.1) is 6.61 Å². The van der Waals surface area contributed by atoms with E-state index in [0.717, 1.165) is 5.75 Å². The highest BCUT2D eigenvalue weighted by Crippen LogP contribution is 2.17. The number of hydrogen-bond donors (Lipinski definition) is 0. The van der Waals surface area contributed by atoms with Crippen molar-refractivity contribution in [1.82, 2.24) is 0 Å². The van der Waals surface area contributed by atoms with Gasteiger partial charge >= 0.3 is 0 Å². The highest BCUT2D eigenvalue weighted by Gasteiger charge is 2.12. The summed E-state index contributed by atoms with van der Waals surface area (Å²) in [6.07, 6.45) is 0. The lowest BCUT2D eigenvalue weighted by Crippen LogP contribution is -2.13. The van der Waals surface area contributed by atoms with Crippen LogP contribution in [0.5, 0.6) is 5.75 Å². The second kappa shape index (κ2) is 5.78. The van der Waals surface area contributed by atoms with Gasteiger partial charge in [0.2, 0.25) is 0 Å². The van der Waals surface area contributed by atoms with E-state index in [1.807, 2.05) is 6.92 Å². The Morgan fingerprint density at radius 3 is 2.47 bits per heavy atom. The SMILES string of the molecule is CCOc1ccc([S+]([O-])CC(C)=O)cc1. The van der Waals surface area contributed by atoms with Crippen molar-refractivity contribution in [2.45, 2.75) is 18.7 Å². The first kappa shape index (κ1) is 12.1. The summed E-state index contributed by atoms with van der Waals surface area (Å²) in [5.74, 6) is 0.761. The largest absolute Gasteiger partial charge is 0.611 e. The normalized spacial score (nSPS) is 12.2. The smallest absolute Gasteiger partial charge is 0.179 e. The zero-order valence-corrected chi connectivity index (χ0v) is 9.67. The number of rotatable bonds is 5. The van der Waals surface area contributed by atoms with E-state index in [1.165, 1.54) is 6.92 Å². The van der Waals surface area contributed by atoms with Crippen molar-refractivity contribution in [3.05, 3.63) is 24.3 Å². The minimum absolute atomic E-state index is 0.0674. The molecule has 0 radical (unpaired) electrons. The Kier molecular flexibility index (Phi) is 4.65. The van der Waals surface area contributed by atoms with Crippen molar-refractivity contribution in [2.24, 2.45) is 0 Å². The van der Waals surface area contributed by atoms with Crippen molar-refractivity contribution >= 4 is 17.0 Å². The van der Waals surface area contributed by atoms with Gasteiger partial charge in [-0.15, -0.1) is 0 Å². The molecule has 0 saturated carbocycles. The molecule has 82 valence electrons. The third-order valence-electron chi connectivity index (χ3n) is 1.73. The van der Waals surface area contributed by atoms with Crippen molar-refractivity contribution in [3.63, 3.8) is 0 Å². The molecule has 0 amide bonds. The first-order valence-corrected chi connectivity index (χ1v) is 6.06. The quantitative estimate of drug-likeness (QED) is 0.719. The zero-order valence-electron chi connectivity index (χ0n) is 8.86. The lowest BCUT2D eigenvalue weighted by Gasteiger charge is -2.09. The minimum Gasteiger partial charge on any atom is -0.611 e. The molecule has 0 aromatic heterocycles. The molecule has 4 heteroatoms. The van der Waals surface area contributed by atoms with Crippen LogP contribution in [-0.2, 0) is 16.0 Å². The van der Waals surface area contributed by atoms with E-state index in [1.54, 1.807) is 24.3 Å². The molecular weight excluding hydrogens is 212 g/mol. The summed E-state index contributed by atoms with van der Waals surface area (Å²) < 4.78 is 16.8. The van der Waals surface area contributed by atoms with Gasteiger partial charge in [-0.25, -0.2) is 0 Å². The van der Waals surface area contributed by atoms with E-state index in [4.69, 9.17) is 4.74 Å². The minimum atomic E-state index is -1.23. The number of Topliss-reactive ketones (excluding diaryl/α,β-unsaturated/α-hetero) is 1. The van der Waals surface area contributed by atoms with Crippen molar-refractivity contribution in [2.75, 3.05) is 12.4 Å². The number of ether oxygens (including phenoxy) is 1. The second-order valence-electron chi connectivity index (χ2n) is 3.10. The van der Waals surface area contributed by atoms with Crippen LogP contribution in [0.25, 0.3) is 0 Å². The number of ketones is 1. The van der Waals surface area contributed by atoms with E-state index >= 15 is 0 Å². The summed E-state index contributed by atoms with van der Waals surface area (Å²) in [4.78, 5) is 11.4.